The van der Waals surface area contributed by atoms with E-state index in [9.17, 15) is 0 Å². The predicted molar refractivity (Wildman–Crippen MR) is 89.8 cm³/mol. The Bertz CT molecular complexity index is 572. The van der Waals surface area contributed by atoms with Gasteiger partial charge in [0.15, 0.2) is 0 Å². The molecule has 2 aromatic rings. The third kappa shape index (κ3) is 4.16. The third-order valence-electron chi connectivity index (χ3n) is 2.94. The van der Waals surface area contributed by atoms with E-state index in [0.717, 1.165) is 39.3 Å². The smallest absolute Gasteiger partial charge is 0.0545 e. The molecule has 0 aliphatic rings. The Labute approximate surface area is 134 Å². The second kappa shape index (κ2) is 7.94. The Morgan fingerprint density at radius 3 is 2.40 bits per heavy atom. The highest BCUT2D eigenvalue weighted by molar-refractivity contribution is 7.98. The molecule has 0 atom stereocenters. The van der Waals surface area contributed by atoms with Gasteiger partial charge in [-0.25, -0.2) is 0 Å². The zero-order valence-electron chi connectivity index (χ0n) is 11.3. The lowest BCUT2D eigenvalue weighted by atomic mass is 10.2. The monoisotopic (exact) mass is 325 g/mol. The van der Waals surface area contributed by atoms with E-state index in [1.807, 2.05) is 30.3 Å². The van der Waals surface area contributed by atoms with Crippen LogP contribution in [0.4, 0.5) is 0 Å². The molecule has 0 aromatic heterocycles. The lowest BCUT2D eigenvalue weighted by molar-refractivity contribution is 0.718. The van der Waals surface area contributed by atoms with E-state index in [-0.39, 0.29) is 0 Å². The summed E-state index contributed by atoms with van der Waals surface area (Å²) >= 11 is 14.3. The Kier molecular flexibility index (Phi) is 6.24. The van der Waals surface area contributed by atoms with Crippen molar-refractivity contribution in [2.24, 2.45) is 0 Å². The summed E-state index contributed by atoms with van der Waals surface area (Å²) in [5, 5.41) is 4.95. The summed E-state index contributed by atoms with van der Waals surface area (Å²) in [6.07, 6.45) is 0. The Hall–Kier alpha value is -0.670. The maximum Gasteiger partial charge on any atom is 0.0545 e. The first kappa shape index (κ1) is 15.7. The van der Waals surface area contributed by atoms with Crippen molar-refractivity contribution in [3.05, 3.63) is 63.6 Å². The first-order valence-electron chi connectivity index (χ1n) is 6.56. The number of rotatable bonds is 6. The fourth-order valence-corrected chi connectivity index (χ4v) is 3.60. The maximum absolute atomic E-state index is 6.33. The summed E-state index contributed by atoms with van der Waals surface area (Å²) in [6.45, 7) is 3.88. The molecule has 0 amide bonds. The molecule has 0 heterocycles. The van der Waals surface area contributed by atoms with Crippen LogP contribution in [0.3, 0.4) is 0 Å². The van der Waals surface area contributed by atoms with Gasteiger partial charge in [0.05, 0.1) is 5.02 Å². The summed E-state index contributed by atoms with van der Waals surface area (Å²) in [5.74, 6) is 0.822. The molecular formula is C16H17Cl2NS. The van der Waals surface area contributed by atoms with Crippen LogP contribution in [0.1, 0.15) is 18.1 Å². The van der Waals surface area contributed by atoms with Gasteiger partial charge in [-0.15, -0.1) is 11.8 Å². The summed E-state index contributed by atoms with van der Waals surface area (Å²) in [4.78, 5) is 1.13. The highest BCUT2D eigenvalue weighted by atomic mass is 35.5. The van der Waals surface area contributed by atoms with Crippen molar-refractivity contribution < 1.29 is 0 Å². The third-order valence-corrected chi connectivity index (χ3v) is 4.97. The molecule has 0 saturated heterocycles. The summed E-state index contributed by atoms with van der Waals surface area (Å²) in [7, 11) is 0. The van der Waals surface area contributed by atoms with Gasteiger partial charge in [0.25, 0.3) is 0 Å². The normalized spacial score (nSPS) is 10.8. The number of thioether (sulfide) groups is 1. The second-order valence-corrected chi connectivity index (χ2v) is 6.19. The average molecular weight is 326 g/mol. The first-order chi connectivity index (χ1) is 9.72. The van der Waals surface area contributed by atoms with E-state index in [1.165, 1.54) is 5.56 Å². The largest absolute Gasteiger partial charge is 0.313 e. The lowest BCUT2D eigenvalue weighted by Crippen LogP contribution is -2.12. The fraction of sp³-hybridized carbons (Fsp3) is 0.250. The van der Waals surface area contributed by atoms with Gasteiger partial charge in [-0.05, 0) is 29.8 Å². The van der Waals surface area contributed by atoms with Crippen molar-refractivity contribution in [1.82, 2.24) is 5.32 Å². The van der Waals surface area contributed by atoms with E-state index >= 15 is 0 Å². The van der Waals surface area contributed by atoms with Gasteiger partial charge in [0, 0.05) is 22.2 Å². The van der Waals surface area contributed by atoms with Gasteiger partial charge < -0.3 is 5.32 Å². The van der Waals surface area contributed by atoms with E-state index < -0.39 is 0 Å². The van der Waals surface area contributed by atoms with Crippen LogP contribution in [0, 0.1) is 0 Å². The van der Waals surface area contributed by atoms with Crippen LogP contribution in [0.15, 0.2) is 47.4 Å². The Balaban J connectivity index is 2.14. The molecule has 0 radical (unpaired) electrons. The number of nitrogens with one attached hydrogen (secondary N) is 1. The number of hydrogen-bond acceptors (Lipinski definition) is 2. The van der Waals surface area contributed by atoms with Crippen molar-refractivity contribution in [3.63, 3.8) is 0 Å². The lowest BCUT2D eigenvalue weighted by Gasteiger charge is -2.12. The van der Waals surface area contributed by atoms with Crippen LogP contribution in [0.2, 0.25) is 10.0 Å². The molecule has 0 fully saturated rings. The molecule has 0 saturated carbocycles. The molecule has 1 nitrogen and oxygen atoms in total. The topological polar surface area (TPSA) is 12.0 Å². The molecule has 2 rings (SSSR count). The number of benzene rings is 2. The summed E-state index contributed by atoms with van der Waals surface area (Å²) < 4.78 is 0. The van der Waals surface area contributed by atoms with Crippen LogP contribution in [0.25, 0.3) is 0 Å². The number of halogens is 2. The molecule has 20 heavy (non-hydrogen) atoms. The van der Waals surface area contributed by atoms with Gasteiger partial charge >= 0.3 is 0 Å². The maximum atomic E-state index is 6.33. The van der Waals surface area contributed by atoms with Crippen molar-refractivity contribution in [1.29, 1.82) is 0 Å². The summed E-state index contributed by atoms with van der Waals surface area (Å²) in [5.41, 5.74) is 2.37. The SMILES string of the molecule is CCNCc1cccc(Cl)c1SCc1ccccc1Cl. The molecule has 0 aliphatic heterocycles. The van der Waals surface area contributed by atoms with Crippen molar-refractivity contribution in [2.45, 2.75) is 24.1 Å². The molecule has 1 N–H and O–H groups in total. The highest BCUT2D eigenvalue weighted by Crippen LogP contribution is 2.34. The quantitative estimate of drug-likeness (QED) is 0.714. The van der Waals surface area contributed by atoms with Crippen molar-refractivity contribution in [2.75, 3.05) is 6.54 Å². The van der Waals surface area contributed by atoms with Crippen LogP contribution in [-0.4, -0.2) is 6.54 Å². The predicted octanol–water partition coefficient (Wildman–Crippen LogP) is 5.40. The Morgan fingerprint density at radius 2 is 1.65 bits per heavy atom. The van der Waals surface area contributed by atoms with Crippen molar-refractivity contribution in [3.8, 4) is 0 Å². The minimum Gasteiger partial charge on any atom is -0.313 e. The highest BCUT2D eigenvalue weighted by Gasteiger charge is 2.09. The zero-order valence-corrected chi connectivity index (χ0v) is 13.7. The first-order valence-corrected chi connectivity index (χ1v) is 8.30. The standard InChI is InChI=1S/C16H17Cl2NS/c1-2-19-10-12-7-5-9-15(18)16(12)20-11-13-6-3-4-8-14(13)17/h3-9,19H,2,10-11H2,1H3. The second-order valence-electron chi connectivity index (χ2n) is 4.39. The van der Waals surface area contributed by atoms with Crippen LogP contribution < -0.4 is 5.32 Å². The molecular weight excluding hydrogens is 309 g/mol. The van der Waals surface area contributed by atoms with Crippen molar-refractivity contribution >= 4 is 35.0 Å². The van der Waals surface area contributed by atoms with Gasteiger partial charge in [-0.1, -0.05) is 60.5 Å². The minimum atomic E-state index is 0.803. The van der Waals surface area contributed by atoms with Crippen LogP contribution in [0.5, 0.6) is 0 Å². The fourth-order valence-electron chi connectivity index (χ4n) is 1.88. The van der Waals surface area contributed by atoms with Crippen LogP contribution >= 0.6 is 35.0 Å². The van der Waals surface area contributed by atoms with Gasteiger partial charge in [-0.2, -0.15) is 0 Å². The number of hydrogen-bond donors (Lipinski definition) is 1. The van der Waals surface area contributed by atoms with Crippen LogP contribution in [-0.2, 0) is 12.3 Å². The van der Waals surface area contributed by atoms with E-state index in [4.69, 9.17) is 23.2 Å². The zero-order chi connectivity index (χ0) is 14.4. The molecule has 106 valence electrons. The molecule has 0 spiro atoms. The van der Waals surface area contributed by atoms with Gasteiger partial charge in [-0.3, -0.25) is 0 Å². The van der Waals surface area contributed by atoms with Gasteiger partial charge in [0.1, 0.15) is 0 Å². The van der Waals surface area contributed by atoms with E-state index in [0.29, 0.717) is 0 Å². The molecule has 0 bridgehead atoms. The average Bonchev–Trinajstić information content (AvgIpc) is 2.45. The molecule has 0 aliphatic carbocycles. The Morgan fingerprint density at radius 1 is 0.950 bits per heavy atom. The molecule has 2 aromatic carbocycles. The van der Waals surface area contributed by atoms with E-state index in [2.05, 4.69) is 24.4 Å². The molecule has 0 unspecified atom stereocenters. The summed E-state index contributed by atoms with van der Waals surface area (Å²) in [6, 6.07) is 14.0. The van der Waals surface area contributed by atoms with E-state index in [1.54, 1.807) is 11.8 Å². The minimum absolute atomic E-state index is 0.803. The van der Waals surface area contributed by atoms with Gasteiger partial charge in [0.2, 0.25) is 0 Å². The molecule has 4 heteroatoms.